The highest BCUT2D eigenvalue weighted by atomic mass is 16.5. The van der Waals surface area contributed by atoms with Crippen molar-refractivity contribution >= 4 is 0 Å². The molecule has 2 aliphatic rings. The smallest absolute Gasteiger partial charge is 0.0613 e. The molecule has 2 fully saturated rings. The van der Waals surface area contributed by atoms with Gasteiger partial charge < -0.3 is 15.4 Å². The molecule has 3 unspecified atom stereocenters. The van der Waals surface area contributed by atoms with Crippen LogP contribution in [0.4, 0.5) is 0 Å². The minimum Gasteiger partial charge on any atom is -0.378 e. The lowest BCUT2D eigenvalue weighted by molar-refractivity contribution is 0.0872. The summed E-state index contributed by atoms with van der Waals surface area (Å²) in [4.78, 5) is 0. The summed E-state index contributed by atoms with van der Waals surface area (Å²) < 4.78 is 5.68. The molecule has 0 aromatic rings. The van der Waals surface area contributed by atoms with Gasteiger partial charge >= 0.3 is 0 Å². The van der Waals surface area contributed by atoms with E-state index in [4.69, 9.17) is 4.74 Å². The fraction of sp³-hybridized carbons (Fsp3) is 1.00. The summed E-state index contributed by atoms with van der Waals surface area (Å²) in [6.07, 6.45) is 5.59. The number of hydrogen-bond acceptors (Lipinski definition) is 3. The topological polar surface area (TPSA) is 33.3 Å². The van der Waals surface area contributed by atoms with Crippen LogP contribution in [0.15, 0.2) is 0 Å². The second-order valence-electron chi connectivity index (χ2n) is 4.82. The van der Waals surface area contributed by atoms with Crippen LogP contribution >= 0.6 is 0 Å². The van der Waals surface area contributed by atoms with Gasteiger partial charge in [0.15, 0.2) is 0 Å². The predicted molar refractivity (Wildman–Crippen MR) is 62.0 cm³/mol. The van der Waals surface area contributed by atoms with Crippen molar-refractivity contribution in [3.05, 3.63) is 0 Å². The van der Waals surface area contributed by atoms with Gasteiger partial charge in [-0.05, 0) is 38.1 Å². The van der Waals surface area contributed by atoms with E-state index < -0.39 is 0 Å². The fourth-order valence-corrected chi connectivity index (χ4v) is 2.75. The van der Waals surface area contributed by atoms with Gasteiger partial charge in [-0.3, -0.25) is 0 Å². The number of rotatable bonds is 5. The number of ether oxygens (including phenoxy) is 1. The Morgan fingerprint density at radius 2 is 2.27 bits per heavy atom. The van der Waals surface area contributed by atoms with E-state index in [9.17, 15) is 0 Å². The van der Waals surface area contributed by atoms with Gasteiger partial charge in [0, 0.05) is 25.7 Å². The van der Waals surface area contributed by atoms with Crippen LogP contribution in [0.3, 0.4) is 0 Å². The van der Waals surface area contributed by atoms with Crippen molar-refractivity contribution in [1.29, 1.82) is 0 Å². The van der Waals surface area contributed by atoms with Gasteiger partial charge in [0.25, 0.3) is 0 Å². The third-order valence-electron chi connectivity index (χ3n) is 3.71. The normalized spacial score (nSPS) is 36.2. The maximum Gasteiger partial charge on any atom is 0.0613 e. The van der Waals surface area contributed by atoms with E-state index in [0.29, 0.717) is 12.1 Å². The zero-order valence-electron chi connectivity index (χ0n) is 9.80. The molecular weight excluding hydrogens is 188 g/mol. The highest BCUT2D eigenvalue weighted by molar-refractivity contribution is 4.80. The molecule has 0 saturated carbocycles. The second kappa shape index (κ2) is 5.83. The fourth-order valence-electron chi connectivity index (χ4n) is 2.75. The Morgan fingerprint density at radius 1 is 1.33 bits per heavy atom. The first-order valence-electron chi connectivity index (χ1n) is 6.46. The molecule has 0 spiro atoms. The zero-order chi connectivity index (χ0) is 10.5. The molecule has 0 aromatic heterocycles. The molecular formula is C12H24N2O. The second-order valence-corrected chi connectivity index (χ2v) is 4.82. The molecule has 15 heavy (non-hydrogen) atoms. The summed E-state index contributed by atoms with van der Waals surface area (Å²) >= 11 is 0. The van der Waals surface area contributed by atoms with Crippen LogP contribution < -0.4 is 10.6 Å². The first kappa shape index (κ1) is 11.4. The van der Waals surface area contributed by atoms with Gasteiger partial charge in [0.1, 0.15) is 0 Å². The number of nitrogens with one attached hydrogen (secondary N) is 2. The molecule has 2 aliphatic heterocycles. The van der Waals surface area contributed by atoms with E-state index in [1.54, 1.807) is 0 Å². The standard InChI is InChI=1S/C12H24N2O/c1-2-12-10(5-7-15-12)8-13-9-11-4-3-6-14-11/h10-14H,2-9H2,1H3. The highest BCUT2D eigenvalue weighted by Gasteiger charge is 2.26. The summed E-state index contributed by atoms with van der Waals surface area (Å²) in [6.45, 7) is 6.66. The van der Waals surface area contributed by atoms with Crippen molar-refractivity contribution in [2.45, 2.75) is 44.8 Å². The van der Waals surface area contributed by atoms with Gasteiger partial charge in [0.05, 0.1) is 6.10 Å². The van der Waals surface area contributed by atoms with Crippen LogP contribution in [0.25, 0.3) is 0 Å². The van der Waals surface area contributed by atoms with Crippen molar-refractivity contribution < 1.29 is 4.74 Å². The molecule has 0 aromatic carbocycles. The van der Waals surface area contributed by atoms with E-state index in [0.717, 1.165) is 32.0 Å². The van der Waals surface area contributed by atoms with Gasteiger partial charge in [-0.15, -0.1) is 0 Å². The molecule has 88 valence electrons. The lowest BCUT2D eigenvalue weighted by Crippen LogP contribution is -2.37. The van der Waals surface area contributed by atoms with Crippen LogP contribution in [0.1, 0.15) is 32.6 Å². The third-order valence-corrected chi connectivity index (χ3v) is 3.71. The Balaban J connectivity index is 1.60. The van der Waals surface area contributed by atoms with Crippen LogP contribution in [0.5, 0.6) is 0 Å². The zero-order valence-corrected chi connectivity index (χ0v) is 9.80. The Hall–Kier alpha value is -0.120. The van der Waals surface area contributed by atoms with Gasteiger partial charge in [-0.1, -0.05) is 6.92 Å². The lowest BCUT2D eigenvalue weighted by atomic mass is 9.99. The van der Waals surface area contributed by atoms with Crippen LogP contribution in [-0.2, 0) is 4.74 Å². The predicted octanol–water partition coefficient (Wildman–Crippen LogP) is 1.14. The summed E-state index contributed by atoms with van der Waals surface area (Å²) in [7, 11) is 0. The maximum atomic E-state index is 5.68. The average molecular weight is 212 g/mol. The molecule has 3 atom stereocenters. The van der Waals surface area contributed by atoms with Crippen molar-refractivity contribution in [2.75, 3.05) is 26.2 Å². The van der Waals surface area contributed by atoms with Crippen molar-refractivity contribution in [3.63, 3.8) is 0 Å². The molecule has 2 N–H and O–H groups in total. The van der Waals surface area contributed by atoms with Crippen LogP contribution in [-0.4, -0.2) is 38.4 Å². The van der Waals surface area contributed by atoms with Crippen molar-refractivity contribution in [1.82, 2.24) is 10.6 Å². The molecule has 3 heteroatoms. The van der Waals surface area contributed by atoms with Crippen LogP contribution in [0, 0.1) is 5.92 Å². The number of hydrogen-bond donors (Lipinski definition) is 2. The van der Waals surface area contributed by atoms with E-state index in [1.165, 1.54) is 25.8 Å². The molecule has 0 bridgehead atoms. The molecule has 0 amide bonds. The van der Waals surface area contributed by atoms with Gasteiger partial charge in [0.2, 0.25) is 0 Å². The monoisotopic (exact) mass is 212 g/mol. The molecule has 0 aliphatic carbocycles. The van der Waals surface area contributed by atoms with Crippen molar-refractivity contribution in [3.8, 4) is 0 Å². The van der Waals surface area contributed by atoms with E-state index in [2.05, 4.69) is 17.6 Å². The molecule has 2 heterocycles. The van der Waals surface area contributed by atoms with E-state index in [-0.39, 0.29) is 0 Å². The Kier molecular flexibility index (Phi) is 4.42. The Morgan fingerprint density at radius 3 is 3.00 bits per heavy atom. The minimum absolute atomic E-state index is 0.508. The van der Waals surface area contributed by atoms with Gasteiger partial charge in [-0.25, -0.2) is 0 Å². The molecule has 2 rings (SSSR count). The quantitative estimate of drug-likeness (QED) is 0.717. The average Bonchev–Trinajstić information content (AvgIpc) is 2.88. The van der Waals surface area contributed by atoms with Crippen LogP contribution in [0.2, 0.25) is 0 Å². The van der Waals surface area contributed by atoms with Gasteiger partial charge in [-0.2, -0.15) is 0 Å². The van der Waals surface area contributed by atoms with Crippen molar-refractivity contribution in [2.24, 2.45) is 5.92 Å². The SMILES string of the molecule is CCC1OCCC1CNCC1CCCN1. The Labute approximate surface area is 93.0 Å². The molecule has 0 radical (unpaired) electrons. The Bertz CT molecular complexity index is 180. The third kappa shape index (κ3) is 3.16. The summed E-state index contributed by atoms with van der Waals surface area (Å²) in [5.41, 5.74) is 0. The van der Waals surface area contributed by atoms with E-state index in [1.807, 2.05) is 0 Å². The maximum absolute atomic E-state index is 5.68. The largest absolute Gasteiger partial charge is 0.378 e. The summed E-state index contributed by atoms with van der Waals surface area (Å²) in [6, 6.07) is 0.715. The summed E-state index contributed by atoms with van der Waals surface area (Å²) in [5, 5.41) is 7.10. The summed E-state index contributed by atoms with van der Waals surface area (Å²) in [5.74, 6) is 0.747. The highest BCUT2D eigenvalue weighted by Crippen LogP contribution is 2.22. The lowest BCUT2D eigenvalue weighted by Gasteiger charge is -2.18. The minimum atomic E-state index is 0.508. The molecule has 3 nitrogen and oxygen atoms in total. The van der Waals surface area contributed by atoms with E-state index >= 15 is 0 Å². The first-order chi connectivity index (χ1) is 7.40. The first-order valence-corrected chi connectivity index (χ1v) is 6.46. The molecule has 2 saturated heterocycles.